The topological polar surface area (TPSA) is 49.3 Å². The van der Waals surface area contributed by atoms with E-state index in [0.717, 1.165) is 29.3 Å². The smallest absolute Gasteiger partial charge is 0.188 e. The molecule has 2 aromatic carbocycles. The van der Waals surface area contributed by atoms with E-state index >= 15 is 0 Å². The van der Waals surface area contributed by atoms with Gasteiger partial charge in [0.25, 0.3) is 0 Å². The molecule has 0 saturated carbocycles. The van der Waals surface area contributed by atoms with Crippen LogP contribution in [0.1, 0.15) is 37.8 Å². The molecule has 0 radical (unpaired) electrons. The number of benzene rings is 2. The van der Waals surface area contributed by atoms with E-state index in [1.165, 1.54) is 12.1 Å². The SMILES string of the molecule is CCC(CC)(Pc1ccc(F)cc1/C=N/C)c1cc(OC)cc(OC)c1OCOC. The Morgan fingerprint density at radius 2 is 1.80 bits per heavy atom. The number of hydrogen-bond acceptors (Lipinski definition) is 5. The van der Waals surface area contributed by atoms with Crippen molar-refractivity contribution in [3.8, 4) is 17.2 Å². The molecule has 0 aliphatic carbocycles. The summed E-state index contributed by atoms with van der Waals surface area (Å²) in [5, 5.41) is 0.782. The maximum absolute atomic E-state index is 13.9. The molecular weight excluding hydrogens is 404 g/mol. The molecule has 164 valence electrons. The predicted octanol–water partition coefficient (Wildman–Crippen LogP) is 4.89. The number of methoxy groups -OCH3 is 3. The summed E-state index contributed by atoms with van der Waals surface area (Å²) in [5.41, 5.74) is 1.78. The second kappa shape index (κ2) is 11.3. The Kier molecular flexibility index (Phi) is 9.07. The van der Waals surface area contributed by atoms with Gasteiger partial charge in [-0.2, -0.15) is 0 Å². The minimum atomic E-state index is -0.274. The van der Waals surface area contributed by atoms with Gasteiger partial charge < -0.3 is 18.9 Å². The molecule has 0 N–H and O–H groups in total. The highest BCUT2D eigenvalue weighted by molar-refractivity contribution is 7.48. The van der Waals surface area contributed by atoms with Gasteiger partial charge in [-0.25, -0.2) is 4.39 Å². The van der Waals surface area contributed by atoms with E-state index in [9.17, 15) is 4.39 Å². The summed E-state index contributed by atoms with van der Waals surface area (Å²) in [7, 11) is 6.86. The molecule has 0 aliphatic rings. The van der Waals surface area contributed by atoms with E-state index in [2.05, 4.69) is 18.8 Å². The van der Waals surface area contributed by atoms with Crippen molar-refractivity contribution in [2.24, 2.45) is 4.99 Å². The van der Waals surface area contributed by atoms with Crippen molar-refractivity contribution in [3.63, 3.8) is 0 Å². The molecule has 0 amide bonds. The zero-order valence-electron chi connectivity index (χ0n) is 18.5. The molecule has 0 saturated heterocycles. The van der Waals surface area contributed by atoms with Crippen molar-refractivity contribution < 1.29 is 23.3 Å². The summed E-state index contributed by atoms with van der Waals surface area (Å²) in [6.07, 6.45) is 3.40. The van der Waals surface area contributed by atoms with Crippen LogP contribution in [0.3, 0.4) is 0 Å². The molecule has 0 heterocycles. The second-order valence-corrected chi connectivity index (χ2v) is 8.54. The number of halogens is 1. The lowest BCUT2D eigenvalue weighted by molar-refractivity contribution is 0.0478. The van der Waals surface area contributed by atoms with Crippen molar-refractivity contribution in [2.75, 3.05) is 35.2 Å². The number of aliphatic imine (C=N–C) groups is 1. The Morgan fingerprint density at radius 3 is 2.37 bits per heavy atom. The summed E-state index contributed by atoms with van der Waals surface area (Å²) in [6, 6.07) is 8.68. The normalized spacial score (nSPS) is 12.1. The van der Waals surface area contributed by atoms with Crippen LogP contribution in [0.5, 0.6) is 17.2 Å². The van der Waals surface area contributed by atoms with Crippen LogP contribution in [0.2, 0.25) is 0 Å². The van der Waals surface area contributed by atoms with Crippen LogP contribution in [0.15, 0.2) is 35.3 Å². The maximum Gasteiger partial charge on any atom is 0.188 e. The number of ether oxygens (including phenoxy) is 4. The fourth-order valence-electron chi connectivity index (χ4n) is 3.49. The van der Waals surface area contributed by atoms with Crippen LogP contribution in [0.25, 0.3) is 0 Å². The van der Waals surface area contributed by atoms with E-state index in [4.69, 9.17) is 18.9 Å². The second-order valence-electron chi connectivity index (χ2n) is 6.79. The Labute approximate surface area is 180 Å². The molecule has 2 aromatic rings. The fraction of sp³-hybridized carbons (Fsp3) is 0.435. The van der Waals surface area contributed by atoms with Crippen LogP contribution in [-0.2, 0) is 9.89 Å². The van der Waals surface area contributed by atoms with Gasteiger partial charge >= 0.3 is 0 Å². The molecule has 0 aromatic heterocycles. The third-order valence-electron chi connectivity index (χ3n) is 5.18. The van der Waals surface area contributed by atoms with Crippen molar-refractivity contribution in [3.05, 3.63) is 47.3 Å². The first-order valence-electron chi connectivity index (χ1n) is 9.86. The number of rotatable bonds is 11. The molecule has 30 heavy (non-hydrogen) atoms. The molecule has 1 atom stereocenters. The third kappa shape index (κ3) is 5.30. The van der Waals surface area contributed by atoms with Crippen molar-refractivity contribution >= 4 is 20.1 Å². The van der Waals surface area contributed by atoms with Crippen LogP contribution in [-0.4, -0.2) is 41.4 Å². The summed E-state index contributed by atoms with van der Waals surface area (Å²) >= 11 is 0. The molecule has 0 fully saturated rings. The highest BCUT2D eigenvalue weighted by atomic mass is 31.1. The summed E-state index contributed by atoms with van der Waals surface area (Å²) in [4.78, 5) is 4.11. The van der Waals surface area contributed by atoms with Crippen molar-refractivity contribution in [2.45, 2.75) is 31.8 Å². The summed E-state index contributed by atoms with van der Waals surface area (Å²) in [5.74, 6) is 1.65. The zero-order chi connectivity index (χ0) is 22.1. The minimum Gasteiger partial charge on any atom is -0.497 e. The van der Waals surface area contributed by atoms with Crippen molar-refractivity contribution in [1.82, 2.24) is 0 Å². The van der Waals surface area contributed by atoms with Crippen LogP contribution < -0.4 is 19.5 Å². The molecule has 0 spiro atoms. The van der Waals surface area contributed by atoms with Crippen molar-refractivity contribution in [1.29, 1.82) is 0 Å². The minimum absolute atomic E-state index is 0.104. The van der Waals surface area contributed by atoms with Crippen LogP contribution in [0, 0.1) is 5.82 Å². The largest absolute Gasteiger partial charge is 0.497 e. The van der Waals surface area contributed by atoms with Crippen LogP contribution >= 0.6 is 8.58 Å². The molecule has 2 rings (SSSR count). The Morgan fingerprint density at radius 1 is 1.07 bits per heavy atom. The molecule has 5 nitrogen and oxygen atoms in total. The van der Waals surface area contributed by atoms with E-state index in [0.29, 0.717) is 25.8 Å². The Hall–Kier alpha value is -2.17. The van der Waals surface area contributed by atoms with Gasteiger partial charge in [0.2, 0.25) is 0 Å². The average molecular weight is 435 g/mol. The molecule has 0 bridgehead atoms. The van der Waals surface area contributed by atoms with Gasteiger partial charge in [-0.15, -0.1) is 0 Å². The summed E-state index contributed by atoms with van der Waals surface area (Å²) < 4.78 is 36.1. The fourth-order valence-corrected chi connectivity index (χ4v) is 5.13. The van der Waals surface area contributed by atoms with Gasteiger partial charge in [0.05, 0.1) is 14.2 Å². The number of nitrogens with zero attached hydrogens (tertiary/aromatic N) is 1. The van der Waals surface area contributed by atoms with Crippen LogP contribution in [0.4, 0.5) is 4.39 Å². The highest BCUT2D eigenvalue weighted by Crippen LogP contribution is 2.53. The quantitative estimate of drug-likeness (QED) is 0.286. The Balaban J connectivity index is 2.69. The summed E-state index contributed by atoms with van der Waals surface area (Å²) in [6.45, 7) is 4.41. The lowest BCUT2D eigenvalue weighted by Gasteiger charge is -2.35. The molecule has 0 aliphatic heterocycles. The first-order valence-corrected chi connectivity index (χ1v) is 10.9. The average Bonchev–Trinajstić information content (AvgIpc) is 2.77. The van der Waals surface area contributed by atoms with E-state index in [1.54, 1.807) is 40.7 Å². The lowest BCUT2D eigenvalue weighted by Crippen LogP contribution is -2.24. The lowest BCUT2D eigenvalue weighted by atomic mass is 9.91. The van der Waals surface area contributed by atoms with E-state index in [-0.39, 0.29) is 17.8 Å². The molecule has 1 unspecified atom stereocenters. The highest BCUT2D eigenvalue weighted by Gasteiger charge is 2.35. The molecule has 7 heteroatoms. The predicted molar refractivity (Wildman–Crippen MR) is 122 cm³/mol. The van der Waals surface area contributed by atoms with Gasteiger partial charge in [-0.1, -0.05) is 28.5 Å². The first-order chi connectivity index (χ1) is 14.5. The van der Waals surface area contributed by atoms with E-state index in [1.807, 2.05) is 12.1 Å². The zero-order valence-corrected chi connectivity index (χ0v) is 19.5. The Bertz CT molecular complexity index is 869. The monoisotopic (exact) mass is 435 g/mol. The van der Waals surface area contributed by atoms with Gasteiger partial charge in [-0.3, -0.25) is 4.99 Å². The van der Waals surface area contributed by atoms with E-state index < -0.39 is 0 Å². The molecular formula is C23H31FNO4P. The first kappa shape index (κ1) is 24.1. The van der Waals surface area contributed by atoms with Gasteiger partial charge in [0.15, 0.2) is 18.3 Å². The maximum atomic E-state index is 13.9. The standard InChI is InChI=1S/C23H31FNO4P/c1-7-23(8-2,30-21-10-9-17(24)11-16(21)14-25-3)19-12-18(27-5)13-20(28-6)22(19)29-15-26-4/h9-14,30H,7-8,15H2,1-6H3/b25-14+. The van der Waals surface area contributed by atoms with Gasteiger partial charge in [0.1, 0.15) is 11.6 Å². The van der Waals surface area contributed by atoms with Gasteiger partial charge in [-0.05, 0) is 36.3 Å². The van der Waals surface area contributed by atoms with Gasteiger partial charge in [0, 0.05) is 42.7 Å². The number of hydrogen-bond donors (Lipinski definition) is 0. The third-order valence-corrected chi connectivity index (χ3v) is 7.36.